The number of nitrogens with one attached hydrogen (secondary N) is 2. The van der Waals surface area contributed by atoms with Crippen LogP contribution < -0.4 is 10.6 Å². The van der Waals surface area contributed by atoms with Gasteiger partial charge in [-0.3, -0.25) is 9.78 Å². The van der Waals surface area contributed by atoms with Gasteiger partial charge in [0, 0.05) is 24.0 Å². The Morgan fingerprint density at radius 3 is 2.86 bits per heavy atom. The molecule has 120 valence electrons. The summed E-state index contributed by atoms with van der Waals surface area (Å²) in [6.07, 6.45) is 1.42. The van der Waals surface area contributed by atoms with Crippen LogP contribution in [0.3, 0.4) is 0 Å². The summed E-state index contributed by atoms with van der Waals surface area (Å²) >= 11 is 0. The number of carbonyl (C=O) groups excluding carboxylic acids is 1. The van der Waals surface area contributed by atoms with Gasteiger partial charge in [-0.25, -0.2) is 0 Å². The number of carbonyl (C=O) groups is 1. The van der Waals surface area contributed by atoms with Gasteiger partial charge in [0.1, 0.15) is 0 Å². The molecule has 1 saturated carbocycles. The molecule has 1 atom stereocenters. The van der Waals surface area contributed by atoms with Crippen molar-refractivity contribution in [3.05, 3.63) is 29.6 Å². The van der Waals surface area contributed by atoms with E-state index in [0.717, 1.165) is 50.7 Å². The van der Waals surface area contributed by atoms with Crippen LogP contribution in [0.25, 0.3) is 0 Å². The molecule has 7 heteroatoms. The smallest absolute Gasteiger partial charge is 0.351 e. The van der Waals surface area contributed by atoms with E-state index < -0.39 is 11.7 Å². The number of amides is 1. The molecule has 1 amide bonds. The largest absolute Gasteiger partial charge is 0.416 e. The van der Waals surface area contributed by atoms with Crippen molar-refractivity contribution in [2.45, 2.75) is 49.9 Å². The van der Waals surface area contributed by atoms with Crippen LogP contribution in [0.15, 0.2) is 18.5 Å². The van der Waals surface area contributed by atoms with Crippen molar-refractivity contribution in [3.63, 3.8) is 0 Å². The first-order valence-electron chi connectivity index (χ1n) is 7.45. The van der Waals surface area contributed by atoms with Crippen LogP contribution in [0, 0.1) is 0 Å². The predicted octanol–water partition coefficient (Wildman–Crippen LogP) is 2.04. The third-order valence-electron chi connectivity index (χ3n) is 4.72. The van der Waals surface area contributed by atoms with Gasteiger partial charge in [0.25, 0.3) is 0 Å². The second-order valence-electron chi connectivity index (χ2n) is 6.05. The second-order valence-corrected chi connectivity index (χ2v) is 6.05. The van der Waals surface area contributed by atoms with E-state index in [2.05, 4.69) is 15.6 Å². The molecule has 2 fully saturated rings. The highest BCUT2D eigenvalue weighted by Gasteiger charge is 2.47. The Morgan fingerprint density at radius 1 is 1.45 bits per heavy atom. The highest BCUT2D eigenvalue weighted by atomic mass is 19.4. The summed E-state index contributed by atoms with van der Waals surface area (Å²) in [5.41, 5.74) is -0.904. The van der Waals surface area contributed by atoms with E-state index in [1.807, 2.05) is 0 Å². The van der Waals surface area contributed by atoms with Gasteiger partial charge in [-0.15, -0.1) is 0 Å². The van der Waals surface area contributed by atoms with Gasteiger partial charge in [0.05, 0.1) is 12.0 Å². The predicted molar refractivity (Wildman–Crippen MR) is 74.1 cm³/mol. The Morgan fingerprint density at radius 2 is 2.23 bits per heavy atom. The van der Waals surface area contributed by atoms with Gasteiger partial charge in [-0.05, 0) is 43.9 Å². The molecule has 1 aromatic heterocycles. The number of aromatic nitrogens is 1. The third kappa shape index (κ3) is 2.82. The number of rotatable bonds is 3. The van der Waals surface area contributed by atoms with Crippen molar-refractivity contribution in [1.82, 2.24) is 15.6 Å². The number of alkyl halides is 3. The lowest BCUT2D eigenvalue weighted by molar-refractivity contribution is -0.138. The zero-order valence-electron chi connectivity index (χ0n) is 12.0. The van der Waals surface area contributed by atoms with E-state index in [-0.39, 0.29) is 29.5 Å². The maximum Gasteiger partial charge on any atom is 0.416 e. The minimum Gasteiger partial charge on any atom is -0.351 e. The molecule has 3 rings (SSSR count). The summed E-state index contributed by atoms with van der Waals surface area (Å²) in [5, 5.41) is 6.32. The van der Waals surface area contributed by atoms with Crippen LogP contribution in [0.5, 0.6) is 0 Å². The van der Waals surface area contributed by atoms with Crippen molar-refractivity contribution in [3.8, 4) is 0 Å². The van der Waals surface area contributed by atoms with Crippen molar-refractivity contribution in [1.29, 1.82) is 0 Å². The van der Waals surface area contributed by atoms with Crippen molar-refractivity contribution >= 4 is 5.91 Å². The van der Waals surface area contributed by atoms with Gasteiger partial charge in [-0.1, -0.05) is 0 Å². The van der Waals surface area contributed by atoms with E-state index in [1.54, 1.807) is 0 Å². The molecule has 0 aromatic carbocycles. The molecule has 1 aliphatic heterocycles. The van der Waals surface area contributed by atoms with Crippen molar-refractivity contribution in [2.24, 2.45) is 0 Å². The summed E-state index contributed by atoms with van der Waals surface area (Å²) < 4.78 is 38.8. The number of hydrogen-bond acceptors (Lipinski definition) is 3. The quantitative estimate of drug-likeness (QED) is 0.898. The third-order valence-corrected chi connectivity index (χ3v) is 4.72. The number of hydrogen-bond donors (Lipinski definition) is 2. The number of halogens is 3. The molecular formula is C15H18F3N3O. The van der Waals surface area contributed by atoms with Gasteiger partial charge < -0.3 is 10.6 Å². The Labute approximate surface area is 126 Å². The average Bonchev–Trinajstić information content (AvgIpc) is 2.81. The zero-order valence-corrected chi connectivity index (χ0v) is 12.0. The maximum atomic E-state index is 12.9. The summed E-state index contributed by atoms with van der Waals surface area (Å²) in [4.78, 5) is 15.8. The molecule has 1 aliphatic carbocycles. The first-order chi connectivity index (χ1) is 10.4. The summed E-state index contributed by atoms with van der Waals surface area (Å²) in [5.74, 6) is -0.376. The van der Waals surface area contributed by atoms with E-state index in [9.17, 15) is 18.0 Å². The fourth-order valence-corrected chi connectivity index (χ4v) is 3.42. The monoisotopic (exact) mass is 313 g/mol. The molecule has 4 nitrogen and oxygen atoms in total. The van der Waals surface area contributed by atoms with E-state index in [0.29, 0.717) is 0 Å². The fraction of sp³-hybridized carbons (Fsp3) is 0.600. The minimum atomic E-state index is -4.47. The maximum absolute atomic E-state index is 12.9. The standard InChI is InChI=1S/C15H18F3N3O/c16-15(17,18)11-2-6-19-9-10(11)8-13(22)21-12-3-7-20-14(12)4-1-5-14/h2,6,9,12,20H,1,3-5,7-8H2,(H,21,22). The molecule has 2 N–H and O–H groups in total. The lowest BCUT2D eigenvalue weighted by Gasteiger charge is -2.43. The van der Waals surface area contributed by atoms with Gasteiger partial charge in [0.15, 0.2) is 0 Å². The Bertz CT molecular complexity index is 569. The van der Waals surface area contributed by atoms with E-state index >= 15 is 0 Å². The lowest BCUT2D eigenvalue weighted by atomic mass is 9.73. The van der Waals surface area contributed by atoms with Crippen LogP contribution >= 0.6 is 0 Å². The lowest BCUT2D eigenvalue weighted by Crippen LogP contribution is -2.59. The average molecular weight is 313 g/mol. The Hall–Kier alpha value is -1.63. The molecule has 0 radical (unpaired) electrons. The molecule has 1 aromatic rings. The normalized spacial score (nSPS) is 23.3. The van der Waals surface area contributed by atoms with Crippen molar-refractivity contribution in [2.75, 3.05) is 6.54 Å². The van der Waals surface area contributed by atoms with Crippen LogP contribution in [0.4, 0.5) is 13.2 Å². The summed E-state index contributed by atoms with van der Waals surface area (Å²) in [6.45, 7) is 0.839. The molecular weight excluding hydrogens is 295 g/mol. The SMILES string of the molecule is O=C(Cc1cnccc1C(F)(F)F)NC1CCNC12CCC2. The van der Waals surface area contributed by atoms with Crippen LogP contribution in [0.1, 0.15) is 36.8 Å². The highest BCUT2D eigenvalue weighted by molar-refractivity contribution is 5.79. The molecule has 1 saturated heterocycles. The highest BCUT2D eigenvalue weighted by Crippen LogP contribution is 2.39. The Kier molecular flexibility index (Phi) is 3.84. The fourth-order valence-electron chi connectivity index (χ4n) is 3.42. The zero-order chi connectivity index (χ0) is 15.8. The van der Waals surface area contributed by atoms with E-state index in [1.165, 1.54) is 0 Å². The molecule has 0 bridgehead atoms. The first-order valence-corrected chi connectivity index (χ1v) is 7.45. The van der Waals surface area contributed by atoms with Gasteiger partial charge in [-0.2, -0.15) is 13.2 Å². The minimum absolute atomic E-state index is 0.0137. The first kappa shape index (κ1) is 15.3. The summed E-state index contributed by atoms with van der Waals surface area (Å²) in [7, 11) is 0. The number of pyridine rings is 1. The topological polar surface area (TPSA) is 54.0 Å². The molecule has 22 heavy (non-hydrogen) atoms. The van der Waals surface area contributed by atoms with Gasteiger partial charge in [0.2, 0.25) is 5.91 Å². The van der Waals surface area contributed by atoms with E-state index in [4.69, 9.17) is 0 Å². The van der Waals surface area contributed by atoms with Crippen LogP contribution in [-0.2, 0) is 17.4 Å². The van der Waals surface area contributed by atoms with Gasteiger partial charge >= 0.3 is 6.18 Å². The molecule has 2 heterocycles. The van der Waals surface area contributed by atoms with Crippen molar-refractivity contribution < 1.29 is 18.0 Å². The molecule has 1 unspecified atom stereocenters. The summed E-state index contributed by atoms with van der Waals surface area (Å²) in [6, 6.07) is 0.924. The number of nitrogens with zero attached hydrogens (tertiary/aromatic N) is 1. The molecule has 1 spiro atoms. The molecule has 2 aliphatic rings. The van der Waals surface area contributed by atoms with Crippen LogP contribution in [0.2, 0.25) is 0 Å². The second kappa shape index (κ2) is 5.53. The Balaban J connectivity index is 1.68. The van der Waals surface area contributed by atoms with Crippen LogP contribution in [-0.4, -0.2) is 29.0 Å².